The molecule has 0 radical (unpaired) electrons. The summed E-state index contributed by atoms with van der Waals surface area (Å²) in [6, 6.07) is 30.1. The lowest BCUT2D eigenvalue weighted by Crippen LogP contribution is -2.26. The van der Waals surface area contributed by atoms with E-state index in [0.717, 1.165) is 36.0 Å². The molecular formula is C33H35N3O3. The zero-order chi connectivity index (χ0) is 27.6. The molecule has 4 aromatic carbocycles. The average Bonchev–Trinajstić information content (AvgIpc) is 2.97. The van der Waals surface area contributed by atoms with Crippen LogP contribution in [-0.2, 0) is 0 Å². The van der Waals surface area contributed by atoms with Gasteiger partial charge in [-0.15, -0.1) is 0 Å². The van der Waals surface area contributed by atoms with Gasteiger partial charge in [-0.25, -0.2) is 0 Å². The number of amides is 2. The second kappa shape index (κ2) is 13.4. The number of anilines is 2. The fraction of sp³-hybridized carbons (Fsp3) is 0.212. The zero-order valence-corrected chi connectivity index (χ0v) is 22.5. The van der Waals surface area contributed by atoms with E-state index in [4.69, 9.17) is 10.5 Å². The van der Waals surface area contributed by atoms with Crippen molar-refractivity contribution in [3.63, 3.8) is 0 Å². The highest BCUT2D eigenvalue weighted by Gasteiger charge is 2.18. The minimum absolute atomic E-state index is 0.170. The Hall–Kier alpha value is -4.42. The second-order valence-electron chi connectivity index (χ2n) is 9.47. The molecule has 4 rings (SSSR count). The summed E-state index contributed by atoms with van der Waals surface area (Å²) in [6.45, 7) is 3.28. The highest BCUT2D eigenvalue weighted by atomic mass is 16.5. The highest BCUT2D eigenvalue weighted by Crippen LogP contribution is 2.29. The van der Waals surface area contributed by atoms with Gasteiger partial charge in [0.2, 0.25) is 0 Å². The number of carbonyl (C=O) groups excluding carboxylic acids is 2. The van der Waals surface area contributed by atoms with Crippen molar-refractivity contribution in [1.29, 1.82) is 0 Å². The number of hydrogen-bond acceptors (Lipinski definition) is 4. The van der Waals surface area contributed by atoms with Crippen molar-refractivity contribution < 1.29 is 14.3 Å². The van der Waals surface area contributed by atoms with E-state index < -0.39 is 0 Å². The lowest BCUT2D eigenvalue weighted by molar-refractivity contribution is 0.0990. The molecule has 0 aliphatic carbocycles. The fourth-order valence-electron chi connectivity index (χ4n) is 4.33. The smallest absolute Gasteiger partial charge is 0.258 e. The normalized spacial score (nSPS) is 10.6. The first-order chi connectivity index (χ1) is 19.0. The van der Waals surface area contributed by atoms with Crippen LogP contribution in [0.25, 0.3) is 11.1 Å². The summed E-state index contributed by atoms with van der Waals surface area (Å²) in [5.41, 5.74) is 11.0. The van der Waals surface area contributed by atoms with Crippen molar-refractivity contribution in [2.45, 2.75) is 26.2 Å². The van der Waals surface area contributed by atoms with E-state index in [1.54, 1.807) is 36.2 Å². The molecule has 0 aromatic heterocycles. The van der Waals surface area contributed by atoms with E-state index in [9.17, 15) is 9.59 Å². The molecule has 0 saturated carbocycles. The van der Waals surface area contributed by atoms with Crippen LogP contribution < -0.4 is 20.7 Å². The predicted molar refractivity (Wildman–Crippen MR) is 159 cm³/mol. The van der Waals surface area contributed by atoms with Crippen LogP contribution in [0.2, 0.25) is 0 Å². The van der Waals surface area contributed by atoms with Gasteiger partial charge in [-0.3, -0.25) is 9.59 Å². The van der Waals surface area contributed by atoms with Gasteiger partial charge in [-0.05, 0) is 86.3 Å². The van der Waals surface area contributed by atoms with Gasteiger partial charge in [0.15, 0.2) is 0 Å². The van der Waals surface area contributed by atoms with E-state index in [-0.39, 0.29) is 11.8 Å². The van der Waals surface area contributed by atoms with Crippen LogP contribution in [0.3, 0.4) is 0 Å². The molecule has 2 amide bonds. The molecule has 200 valence electrons. The van der Waals surface area contributed by atoms with Crippen LogP contribution in [-0.4, -0.2) is 32.0 Å². The molecule has 6 heteroatoms. The molecule has 0 heterocycles. The molecule has 0 unspecified atom stereocenters. The minimum atomic E-state index is -0.208. The molecule has 0 fully saturated rings. The Morgan fingerprint density at radius 3 is 2.26 bits per heavy atom. The third-order valence-corrected chi connectivity index (χ3v) is 6.56. The second-order valence-corrected chi connectivity index (χ2v) is 9.47. The van der Waals surface area contributed by atoms with Crippen LogP contribution in [0, 0.1) is 6.92 Å². The van der Waals surface area contributed by atoms with Crippen molar-refractivity contribution in [2.75, 3.05) is 30.4 Å². The number of para-hydroxylation sites is 2. The maximum atomic E-state index is 13.3. The van der Waals surface area contributed by atoms with Gasteiger partial charge in [0.05, 0.1) is 12.3 Å². The first-order valence-electron chi connectivity index (χ1n) is 13.3. The molecule has 0 aliphatic heterocycles. The SMILES string of the molecule is Cc1ccc(-c2ccccc2C(=O)Nc2ccc(C(=O)N(C)c3ccccc3OCCCCCN)cc2)cc1. The quantitative estimate of drug-likeness (QED) is 0.215. The minimum Gasteiger partial charge on any atom is -0.491 e. The predicted octanol–water partition coefficient (Wildman–Crippen LogP) is 6.70. The number of hydrogen-bond donors (Lipinski definition) is 2. The molecule has 0 saturated heterocycles. The number of benzene rings is 4. The van der Waals surface area contributed by atoms with E-state index >= 15 is 0 Å². The maximum Gasteiger partial charge on any atom is 0.258 e. The van der Waals surface area contributed by atoms with E-state index in [1.807, 2.05) is 79.7 Å². The standard InChI is InChI=1S/C33H35N3O3/c1-24-14-16-25(17-15-24)28-10-4-5-11-29(28)32(37)35-27-20-18-26(19-21-27)33(38)36(2)30-12-6-7-13-31(30)39-23-9-3-8-22-34/h4-7,10-21H,3,8-9,22-23,34H2,1-2H3,(H,35,37). The summed E-state index contributed by atoms with van der Waals surface area (Å²) in [7, 11) is 1.73. The van der Waals surface area contributed by atoms with Crippen LogP contribution in [0.4, 0.5) is 11.4 Å². The van der Waals surface area contributed by atoms with Gasteiger partial charge in [-0.1, -0.05) is 60.2 Å². The summed E-state index contributed by atoms with van der Waals surface area (Å²) in [4.78, 5) is 28.0. The Morgan fingerprint density at radius 1 is 0.821 bits per heavy atom. The number of nitrogens with one attached hydrogen (secondary N) is 1. The average molecular weight is 522 g/mol. The summed E-state index contributed by atoms with van der Waals surface area (Å²) >= 11 is 0. The fourth-order valence-corrected chi connectivity index (χ4v) is 4.33. The monoisotopic (exact) mass is 521 g/mol. The third kappa shape index (κ3) is 7.12. The summed E-state index contributed by atoms with van der Waals surface area (Å²) in [5, 5.41) is 2.96. The van der Waals surface area contributed by atoms with Crippen molar-refractivity contribution >= 4 is 23.2 Å². The lowest BCUT2D eigenvalue weighted by atomic mass is 9.98. The van der Waals surface area contributed by atoms with Gasteiger partial charge < -0.3 is 20.7 Å². The highest BCUT2D eigenvalue weighted by molar-refractivity contribution is 6.09. The van der Waals surface area contributed by atoms with Crippen LogP contribution >= 0.6 is 0 Å². The van der Waals surface area contributed by atoms with Crippen LogP contribution in [0.1, 0.15) is 45.5 Å². The van der Waals surface area contributed by atoms with Crippen molar-refractivity contribution in [3.8, 4) is 16.9 Å². The molecule has 4 aromatic rings. The Kier molecular flexibility index (Phi) is 9.48. The molecule has 39 heavy (non-hydrogen) atoms. The topological polar surface area (TPSA) is 84.7 Å². The van der Waals surface area contributed by atoms with Gasteiger partial charge in [0, 0.05) is 23.9 Å². The Bertz CT molecular complexity index is 1400. The number of nitrogens with two attached hydrogens (primary N) is 1. The van der Waals surface area contributed by atoms with Gasteiger partial charge >= 0.3 is 0 Å². The van der Waals surface area contributed by atoms with Gasteiger partial charge in [0.25, 0.3) is 11.8 Å². The molecule has 0 spiro atoms. The third-order valence-electron chi connectivity index (χ3n) is 6.56. The summed E-state index contributed by atoms with van der Waals surface area (Å²) < 4.78 is 5.96. The Morgan fingerprint density at radius 2 is 1.51 bits per heavy atom. The first kappa shape index (κ1) is 27.6. The number of carbonyl (C=O) groups is 2. The van der Waals surface area contributed by atoms with E-state index in [0.29, 0.717) is 41.4 Å². The van der Waals surface area contributed by atoms with Crippen LogP contribution in [0.5, 0.6) is 5.75 Å². The van der Waals surface area contributed by atoms with Crippen molar-refractivity contribution in [3.05, 3.63) is 114 Å². The maximum absolute atomic E-state index is 13.3. The molecule has 0 bridgehead atoms. The summed E-state index contributed by atoms with van der Waals surface area (Å²) in [6.07, 6.45) is 2.89. The van der Waals surface area contributed by atoms with Crippen molar-refractivity contribution in [2.24, 2.45) is 5.73 Å². The van der Waals surface area contributed by atoms with Crippen LogP contribution in [0.15, 0.2) is 97.1 Å². The number of nitrogens with zero attached hydrogens (tertiary/aromatic N) is 1. The number of ether oxygens (including phenoxy) is 1. The lowest BCUT2D eigenvalue weighted by Gasteiger charge is -2.21. The Balaban J connectivity index is 1.43. The first-order valence-corrected chi connectivity index (χ1v) is 13.3. The van der Waals surface area contributed by atoms with Gasteiger partial charge in [-0.2, -0.15) is 0 Å². The number of unbranched alkanes of at least 4 members (excludes halogenated alkanes) is 2. The molecular weight excluding hydrogens is 486 g/mol. The number of rotatable bonds is 11. The van der Waals surface area contributed by atoms with Gasteiger partial charge in [0.1, 0.15) is 5.75 Å². The van der Waals surface area contributed by atoms with E-state index in [1.165, 1.54) is 0 Å². The molecule has 0 aliphatic rings. The molecule has 6 nitrogen and oxygen atoms in total. The molecule has 3 N–H and O–H groups in total. The summed E-state index contributed by atoms with van der Waals surface area (Å²) in [5.74, 6) is 0.286. The molecule has 0 atom stereocenters. The zero-order valence-electron chi connectivity index (χ0n) is 22.5. The van der Waals surface area contributed by atoms with Crippen molar-refractivity contribution in [1.82, 2.24) is 0 Å². The number of aryl methyl sites for hydroxylation is 1. The Labute approximate surface area is 230 Å². The largest absolute Gasteiger partial charge is 0.491 e. The van der Waals surface area contributed by atoms with E-state index in [2.05, 4.69) is 5.32 Å².